The minimum atomic E-state index is -1.52. The van der Waals surface area contributed by atoms with E-state index >= 15 is 0 Å². The molecule has 7 heteroatoms. The van der Waals surface area contributed by atoms with Crippen LogP contribution in [0, 0.1) is 5.82 Å². The van der Waals surface area contributed by atoms with E-state index < -0.39 is 30.4 Å². The lowest BCUT2D eigenvalue weighted by Gasteiger charge is -2.11. The summed E-state index contributed by atoms with van der Waals surface area (Å²) in [5.41, 5.74) is 0. The Morgan fingerprint density at radius 1 is 1.40 bits per heavy atom. The van der Waals surface area contributed by atoms with E-state index in [4.69, 9.17) is 9.84 Å². The van der Waals surface area contributed by atoms with E-state index in [9.17, 15) is 18.4 Å². The van der Waals surface area contributed by atoms with Crippen LogP contribution in [0.4, 0.5) is 8.78 Å². The Bertz CT molecular complexity index is 467. The van der Waals surface area contributed by atoms with Gasteiger partial charge in [0.1, 0.15) is 18.2 Å². The van der Waals surface area contributed by atoms with Crippen molar-refractivity contribution in [1.29, 1.82) is 0 Å². The summed E-state index contributed by atoms with van der Waals surface area (Å²) in [7, 11) is 0. The number of carboxylic acid groups (broad SMARTS) is 1. The average molecular weight is 287 g/mol. The predicted molar refractivity (Wildman–Crippen MR) is 66.7 cm³/mol. The van der Waals surface area contributed by atoms with Gasteiger partial charge in [-0.05, 0) is 18.6 Å². The van der Waals surface area contributed by atoms with Crippen molar-refractivity contribution in [3.63, 3.8) is 0 Å². The highest BCUT2D eigenvalue weighted by atomic mass is 19.1. The highest BCUT2D eigenvalue weighted by Gasteiger charge is 2.18. The fraction of sp³-hybridized carbons (Fsp3) is 0.385. The van der Waals surface area contributed by atoms with E-state index in [1.54, 1.807) is 6.07 Å². The van der Waals surface area contributed by atoms with Gasteiger partial charge in [-0.3, -0.25) is 4.79 Å². The fourth-order valence-corrected chi connectivity index (χ4v) is 1.41. The minimum absolute atomic E-state index is 0.000897. The molecule has 0 aliphatic heterocycles. The van der Waals surface area contributed by atoms with Gasteiger partial charge in [-0.1, -0.05) is 6.07 Å². The number of carbonyl (C=O) groups excluding carboxylic acids is 1. The molecule has 0 heterocycles. The molecule has 2 N–H and O–H groups in total. The zero-order chi connectivity index (χ0) is 15.0. The van der Waals surface area contributed by atoms with E-state index in [0.717, 1.165) is 0 Å². The van der Waals surface area contributed by atoms with Crippen LogP contribution in [0.15, 0.2) is 24.3 Å². The van der Waals surface area contributed by atoms with Crippen molar-refractivity contribution in [3.05, 3.63) is 30.1 Å². The van der Waals surface area contributed by atoms with Crippen LogP contribution in [0.25, 0.3) is 0 Å². The third-order valence-corrected chi connectivity index (χ3v) is 2.40. The van der Waals surface area contributed by atoms with Crippen molar-refractivity contribution in [2.75, 3.05) is 13.3 Å². The highest BCUT2D eigenvalue weighted by molar-refractivity contribution is 5.83. The lowest BCUT2D eigenvalue weighted by atomic mass is 10.2. The normalized spacial score (nSPS) is 11.7. The molecule has 0 aromatic heterocycles. The van der Waals surface area contributed by atoms with Gasteiger partial charge in [-0.2, -0.15) is 0 Å². The van der Waals surface area contributed by atoms with Gasteiger partial charge in [0.05, 0.1) is 6.61 Å². The van der Waals surface area contributed by atoms with Gasteiger partial charge in [0, 0.05) is 12.5 Å². The van der Waals surface area contributed by atoms with Crippen LogP contribution in [-0.2, 0) is 9.59 Å². The Balaban J connectivity index is 2.24. The molecule has 1 amide bonds. The Kier molecular flexibility index (Phi) is 6.42. The molecule has 1 aromatic rings. The smallest absolute Gasteiger partial charge is 0.328 e. The third-order valence-electron chi connectivity index (χ3n) is 2.40. The Labute approximate surface area is 114 Å². The van der Waals surface area contributed by atoms with E-state index in [2.05, 4.69) is 0 Å². The SMILES string of the molecule is O=C(CCCOc1cccc(F)c1)NC(CF)C(=O)O. The van der Waals surface area contributed by atoms with Crippen LogP contribution in [0.3, 0.4) is 0 Å². The molecule has 0 bridgehead atoms. The topological polar surface area (TPSA) is 75.6 Å². The highest BCUT2D eigenvalue weighted by Crippen LogP contribution is 2.12. The number of hydrogen-bond donors (Lipinski definition) is 2. The maximum Gasteiger partial charge on any atom is 0.328 e. The number of nitrogens with one attached hydrogen (secondary N) is 1. The van der Waals surface area contributed by atoms with Gasteiger partial charge in [0.25, 0.3) is 0 Å². The number of amides is 1. The van der Waals surface area contributed by atoms with Crippen LogP contribution in [0.1, 0.15) is 12.8 Å². The zero-order valence-electron chi connectivity index (χ0n) is 10.6. The largest absolute Gasteiger partial charge is 0.493 e. The molecule has 0 saturated heterocycles. The van der Waals surface area contributed by atoms with E-state index in [1.807, 2.05) is 5.32 Å². The van der Waals surface area contributed by atoms with Gasteiger partial charge in [0.2, 0.25) is 5.91 Å². The molecule has 0 saturated carbocycles. The molecule has 0 spiro atoms. The van der Waals surface area contributed by atoms with Crippen molar-refractivity contribution >= 4 is 11.9 Å². The first-order valence-corrected chi connectivity index (χ1v) is 5.99. The number of alkyl halides is 1. The summed E-state index contributed by atoms with van der Waals surface area (Å²) in [5.74, 6) is -2.07. The van der Waals surface area contributed by atoms with Crippen molar-refractivity contribution in [3.8, 4) is 5.75 Å². The molecule has 0 aliphatic rings. The Hall–Kier alpha value is -2.18. The van der Waals surface area contributed by atoms with Gasteiger partial charge in [-0.25, -0.2) is 13.6 Å². The third kappa shape index (κ3) is 5.64. The van der Waals surface area contributed by atoms with Gasteiger partial charge in [-0.15, -0.1) is 0 Å². The molecular formula is C13H15F2NO4. The summed E-state index contributed by atoms with van der Waals surface area (Å²) in [4.78, 5) is 21.8. The van der Waals surface area contributed by atoms with Crippen molar-refractivity contribution in [2.45, 2.75) is 18.9 Å². The van der Waals surface area contributed by atoms with E-state index in [-0.39, 0.29) is 13.0 Å². The molecular weight excluding hydrogens is 272 g/mol. The minimum Gasteiger partial charge on any atom is -0.493 e. The monoisotopic (exact) mass is 287 g/mol. The van der Waals surface area contributed by atoms with Crippen LogP contribution < -0.4 is 10.1 Å². The molecule has 5 nitrogen and oxygen atoms in total. The average Bonchev–Trinajstić information content (AvgIpc) is 2.40. The number of aliphatic carboxylic acids is 1. The van der Waals surface area contributed by atoms with Gasteiger partial charge < -0.3 is 15.2 Å². The van der Waals surface area contributed by atoms with Crippen LogP contribution in [0.2, 0.25) is 0 Å². The molecule has 0 fully saturated rings. The van der Waals surface area contributed by atoms with Crippen LogP contribution in [0.5, 0.6) is 5.75 Å². The summed E-state index contributed by atoms with van der Waals surface area (Å²) in [5, 5.41) is 10.6. The summed E-state index contributed by atoms with van der Waals surface area (Å²) >= 11 is 0. The molecule has 0 radical (unpaired) electrons. The summed E-state index contributed by atoms with van der Waals surface area (Å²) < 4.78 is 30.3. The summed E-state index contributed by atoms with van der Waals surface area (Å²) in [6.45, 7) is -0.995. The first-order valence-electron chi connectivity index (χ1n) is 5.99. The lowest BCUT2D eigenvalue weighted by Crippen LogP contribution is -2.42. The second-order valence-corrected chi connectivity index (χ2v) is 4.02. The Morgan fingerprint density at radius 3 is 2.75 bits per heavy atom. The van der Waals surface area contributed by atoms with Crippen LogP contribution >= 0.6 is 0 Å². The molecule has 1 atom stereocenters. The molecule has 110 valence electrons. The summed E-state index contributed by atoms with van der Waals surface area (Å²) in [6.07, 6.45) is 0.306. The van der Waals surface area contributed by atoms with E-state index in [0.29, 0.717) is 12.2 Å². The van der Waals surface area contributed by atoms with Crippen molar-refractivity contribution in [1.82, 2.24) is 5.32 Å². The number of ether oxygens (including phenoxy) is 1. The van der Waals surface area contributed by atoms with Gasteiger partial charge >= 0.3 is 5.97 Å². The molecule has 20 heavy (non-hydrogen) atoms. The number of benzene rings is 1. The number of hydrogen-bond acceptors (Lipinski definition) is 3. The standard InChI is InChI=1S/C13H15F2NO4/c14-8-11(13(18)19)16-12(17)5-2-6-20-10-4-1-3-9(15)7-10/h1,3-4,7,11H,2,5-6,8H2,(H,16,17)(H,18,19). The zero-order valence-corrected chi connectivity index (χ0v) is 10.6. The lowest BCUT2D eigenvalue weighted by molar-refractivity contribution is -0.142. The van der Waals surface area contributed by atoms with Crippen LogP contribution in [-0.4, -0.2) is 36.3 Å². The first-order chi connectivity index (χ1) is 9.52. The maximum atomic E-state index is 12.8. The molecule has 1 unspecified atom stereocenters. The number of rotatable bonds is 8. The van der Waals surface area contributed by atoms with Gasteiger partial charge in [0.15, 0.2) is 6.04 Å². The molecule has 1 rings (SSSR count). The second-order valence-electron chi connectivity index (χ2n) is 4.02. The predicted octanol–water partition coefficient (Wildman–Crippen LogP) is 1.52. The maximum absolute atomic E-state index is 12.8. The second kappa shape index (κ2) is 8.08. The van der Waals surface area contributed by atoms with Crippen molar-refractivity contribution in [2.24, 2.45) is 0 Å². The quantitative estimate of drug-likeness (QED) is 0.711. The fourth-order valence-electron chi connectivity index (χ4n) is 1.41. The number of carboxylic acids is 1. The Morgan fingerprint density at radius 2 is 2.15 bits per heavy atom. The van der Waals surface area contributed by atoms with Crippen molar-refractivity contribution < 1.29 is 28.2 Å². The summed E-state index contributed by atoms with van der Waals surface area (Å²) in [6, 6.07) is 4.04. The molecule has 0 aliphatic carbocycles. The van der Waals surface area contributed by atoms with E-state index in [1.165, 1.54) is 18.2 Å². The number of carbonyl (C=O) groups is 2. The molecule has 1 aromatic carbocycles. The number of halogens is 2. The first kappa shape index (κ1) is 15.9.